The summed E-state index contributed by atoms with van der Waals surface area (Å²) in [5.41, 5.74) is 6.34. The van der Waals surface area contributed by atoms with E-state index in [0.29, 0.717) is 5.56 Å². The van der Waals surface area contributed by atoms with Gasteiger partial charge in [-0.25, -0.2) is 0 Å². The van der Waals surface area contributed by atoms with Gasteiger partial charge in [-0.1, -0.05) is 0 Å². The Balaban J connectivity index is 2.53. The first-order valence-electron chi connectivity index (χ1n) is 4.70. The number of rotatable bonds is 4. The van der Waals surface area contributed by atoms with E-state index in [2.05, 4.69) is 10.4 Å². The molecule has 2 atom stereocenters. The Morgan fingerprint density at radius 2 is 2.47 bits per heavy atom. The zero-order valence-electron chi connectivity index (χ0n) is 8.84. The molecule has 1 unspecified atom stereocenters. The minimum Gasteiger partial charge on any atom is -0.392 e. The standard InChI is InChI=1S/C9H16N4O2/c1-6(14)3-11-9(15)8(10)7-4-12-13(2)5-7/h4-6,8,14H,3,10H2,1-2H3,(H,11,15)/t6-,8?/m1/s1. The number of amides is 1. The Kier molecular flexibility index (Phi) is 3.81. The Bertz CT molecular complexity index is 335. The summed E-state index contributed by atoms with van der Waals surface area (Å²) >= 11 is 0. The smallest absolute Gasteiger partial charge is 0.241 e. The molecule has 0 spiro atoms. The van der Waals surface area contributed by atoms with Crippen LogP contribution in [0, 0.1) is 0 Å². The SMILES string of the molecule is C[C@@H](O)CNC(=O)C(N)c1cnn(C)c1. The van der Waals surface area contributed by atoms with Gasteiger partial charge in [-0.05, 0) is 6.92 Å². The number of hydrogen-bond acceptors (Lipinski definition) is 4. The van der Waals surface area contributed by atoms with Crippen molar-refractivity contribution >= 4 is 5.91 Å². The monoisotopic (exact) mass is 212 g/mol. The summed E-state index contributed by atoms with van der Waals surface area (Å²) in [5.74, 6) is -0.316. The van der Waals surface area contributed by atoms with E-state index < -0.39 is 12.1 Å². The van der Waals surface area contributed by atoms with Gasteiger partial charge in [0.15, 0.2) is 0 Å². The molecule has 6 heteroatoms. The minimum atomic E-state index is -0.738. The van der Waals surface area contributed by atoms with E-state index in [4.69, 9.17) is 10.8 Å². The fourth-order valence-electron chi connectivity index (χ4n) is 1.11. The molecule has 15 heavy (non-hydrogen) atoms. The van der Waals surface area contributed by atoms with Gasteiger partial charge in [0, 0.05) is 25.4 Å². The molecule has 1 aromatic heterocycles. The van der Waals surface area contributed by atoms with Crippen molar-refractivity contribution in [3.05, 3.63) is 18.0 Å². The average Bonchev–Trinajstić information content (AvgIpc) is 2.60. The fourth-order valence-corrected chi connectivity index (χ4v) is 1.11. The van der Waals surface area contributed by atoms with E-state index in [1.165, 1.54) is 0 Å². The van der Waals surface area contributed by atoms with Gasteiger partial charge in [0.1, 0.15) is 6.04 Å². The molecule has 6 nitrogen and oxygen atoms in total. The number of carbonyl (C=O) groups is 1. The third kappa shape index (κ3) is 3.34. The van der Waals surface area contributed by atoms with Gasteiger partial charge in [-0.15, -0.1) is 0 Å². The molecule has 84 valence electrons. The van der Waals surface area contributed by atoms with Crippen LogP contribution in [-0.4, -0.2) is 33.4 Å². The highest BCUT2D eigenvalue weighted by atomic mass is 16.3. The Morgan fingerprint density at radius 3 is 2.93 bits per heavy atom. The summed E-state index contributed by atoms with van der Waals surface area (Å²) in [4.78, 5) is 11.5. The molecule has 0 fully saturated rings. The van der Waals surface area contributed by atoms with Crippen molar-refractivity contribution in [3.8, 4) is 0 Å². The summed E-state index contributed by atoms with van der Waals surface area (Å²) in [5, 5.41) is 15.4. The number of aromatic nitrogens is 2. The molecule has 1 rings (SSSR count). The van der Waals surface area contributed by atoms with Gasteiger partial charge in [0.25, 0.3) is 0 Å². The molecule has 0 aliphatic carbocycles. The number of aliphatic hydroxyl groups excluding tert-OH is 1. The second-order valence-electron chi connectivity index (χ2n) is 3.52. The lowest BCUT2D eigenvalue weighted by molar-refractivity contribution is -0.122. The topological polar surface area (TPSA) is 93.2 Å². The molecule has 0 saturated carbocycles. The van der Waals surface area contributed by atoms with E-state index >= 15 is 0 Å². The summed E-state index contributed by atoms with van der Waals surface area (Å²) in [7, 11) is 1.75. The van der Waals surface area contributed by atoms with Crippen LogP contribution in [0.15, 0.2) is 12.4 Å². The maximum atomic E-state index is 11.5. The van der Waals surface area contributed by atoms with Gasteiger partial charge in [-0.2, -0.15) is 5.10 Å². The van der Waals surface area contributed by atoms with Crippen molar-refractivity contribution in [2.45, 2.75) is 19.1 Å². The highest BCUT2D eigenvalue weighted by Gasteiger charge is 2.16. The van der Waals surface area contributed by atoms with Crippen LogP contribution in [0.3, 0.4) is 0 Å². The van der Waals surface area contributed by atoms with Gasteiger partial charge < -0.3 is 16.2 Å². The van der Waals surface area contributed by atoms with Crippen molar-refractivity contribution in [1.29, 1.82) is 0 Å². The summed E-state index contributed by atoms with van der Waals surface area (Å²) < 4.78 is 1.58. The van der Waals surface area contributed by atoms with Crippen LogP contribution in [0.5, 0.6) is 0 Å². The van der Waals surface area contributed by atoms with Crippen LogP contribution in [0.2, 0.25) is 0 Å². The zero-order chi connectivity index (χ0) is 11.4. The second-order valence-corrected chi connectivity index (χ2v) is 3.52. The first kappa shape index (κ1) is 11.7. The molecule has 1 amide bonds. The van der Waals surface area contributed by atoms with Crippen LogP contribution >= 0.6 is 0 Å². The molecule has 1 heterocycles. The Labute approximate surface area is 88.1 Å². The second kappa shape index (κ2) is 4.90. The number of nitrogens with one attached hydrogen (secondary N) is 1. The van der Waals surface area contributed by atoms with Crippen LogP contribution in [-0.2, 0) is 11.8 Å². The van der Waals surface area contributed by atoms with E-state index in [9.17, 15) is 4.79 Å². The average molecular weight is 212 g/mol. The number of aryl methyl sites for hydroxylation is 1. The highest BCUT2D eigenvalue weighted by molar-refractivity contribution is 5.82. The number of carbonyl (C=O) groups excluding carboxylic acids is 1. The third-order valence-corrected chi connectivity index (χ3v) is 1.94. The van der Waals surface area contributed by atoms with E-state index in [0.717, 1.165) is 0 Å². The number of nitrogens with zero attached hydrogens (tertiary/aromatic N) is 2. The summed E-state index contributed by atoms with van der Waals surface area (Å²) in [6.45, 7) is 1.79. The molecule has 0 bridgehead atoms. The van der Waals surface area contributed by atoms with Gasteiger partial charge in [0.05, 0.1) is 12.3 Å². The van der Waals surface area contributed by atoms with E-state index in [-0.39, 0.29) is 12.5 Å². The molecule has 0 radical (unpaired) electrons. The van der Waals surface area contributed by atoms with Crippen LogP contribution in [0.25, 0.3) is 0 Å². The van der Waals surface area contributed by atoms with Crippen molar-refractivity contribution in [2.24, 2.45) is 12.8 Å². The molecule has 1 aromatic rings. The normalized spacial score (nSPS) is 14.7. The van der Waals surface area contributed by atoms with Crippen molar-refractivity contribution in [2.75, 3.05) is 6.54 Å². The summed E-state index contributed by atoms with van der Waals surface area (Å²) in [6.07, 6.45) is 2.66. The highest BCUT2D eigenvalue weighted by Crippen LogP contribution is 2.07. The lowest BCUT2D eigenvalue weighted by Gasteiger charge is -2.11. The Morgan fingerprint density at radius 1 is 1.80 bits per heavy atom. The predicted octanol–water partition coefficient (Wildman–Crippen LogP) is -1.08. The first-order chi connectivity index (χ1) is 7.00. The van der Waals surface area contributed by atoms with E-state index in [1.807, 2.05) is 0 Å². The maximum Gasteiger partial charge on any atom is 0.241 e. The van der Waals surface area contributed by atoms with E-state index in [1.54, 1.807) is 31.0 Å². The van der Waals surface area contributed by atoms with Crippen LogP contribution in [0.1, 0.15) is 18.5 Å². The minimum absolute atomic E-state index is 0.201. The number of hydrogen-bond donors (Lipinski definition) is 3. The fraction of sp³-hybridized carbons (Fsp3) is 0.556. The molecule has 0 aliphatic heterocycles. The number of aliphatic hydroxyl groups is 1. The first-order valence-corrected chi connectivity index (χ1v) is 4.70. The molecular formula is C9H16N4O2. The molecule has 0 saturated heterocycles. The van der Waals surface area contributed by atoms with Crippen LogP contribution in [0.4, 0.5) is 0 Å². The molecule has 0 aliphatic rings. The van der Waals surface area contributed by atoms with Crippen molar-refractivity contribution in [3.63, 3.8) is 0 Å². The molecule has 0 aromatic carbocycles. The summed E-state index contributed by atoms with van der Waals surface area (Å²) in [6, 6.07) is -0.738. The van der Waals surface area contributed by atoms with Gasteiger partial charge in [-0.3, -0.25) is 9.48 Å². The molecular weight excluding hydrogens is 196 g/mol. The zero-order valence-corrected chi connectivity index (χ0v) is 8.84. The lowest BCUT2D eigenvalue weighted by Crippen LogP contribution is -2.37. The predicted molar refractivity (Wildman–Crippen MR) is 54.8 cm³/mol. The maximum absolute atomic E-state index is 11.5. The quantitative estimate of drug-likeness (QED) is 0.591. The van der Waals surface area contributed by atoms with Gasteiger partial charge >= 0.3 is 0 Å². The largest absolute Gasteiger partial charge is 0.392 e. The van der Waals surface area contributed by atoms with Crippen molar-refractivity contribution in [1.82, 2.24) is 15.1 Å². The number of nitrogens with two attached hydrogens (primary N) is 1. The Hall–Kier alpha value is -1.40. The lowest BCUT2D eigenvalue weighted by atomic mass is 10.1. The third-order valence-electron chi connectivity index (χ3n) is 1.94. The van der Waals surface area contributed by atoms with Gasteiger partial charge in [0.2, 0.25) is 5.91 Å². The molecule has 4 N–H and O–H groups in total. The van der Waals surface area contributed by atoms with Crippen LogP contribution < -0.4 is 11.1 Å². The van der Waals surface area contributed by atoms with Crippen molar-refractivity contribution < 1.29 is 9.90 Å².